The van der Waals surface area contributed by atoms with Crippen molar-refractivity contribution >= 4 is 41.1 Å². The van der Waals surface area contributed by atoms with Gasteiger partial charge in [0, 0.05) is 5.56 Å². The Morgan fingerprint density at radius 3 is 2.62 bits per heavy atom. The van der Waals surface area contributed by atoms with Crippen LogP contribution in [-0.2, 0) is 0 Å². The third-order valence-electron chi connectivity index (χ3n) is 3.44. The van der Waals surface area contributed by atoms with Gasteiger partial charge >= 0.3 is 5.97 Å². The average Bonchev–Trinajstić information content (AvgIpc) is 3.07. The molecule has 0 saturated carbocycles. The summed E-state index contributed by atoms with van der Waals surface area (Å²) in [4.78, 5) is 11.0. The van der Waals surface area contributed by atoms with E-state index in [2.05, 4.69) is 10.5 Å². The van der Waals surface area contributed by atoms with Crippen LogP contribution in [0.15, 0.2) is 58.0 Å². The lowest BCUT2D eigenvalue weighted by atomic mass is 10.2. The van der Waals surface area contributed by atoms with Crippen LogP contribution < -0.4 is 5.43 Å². The number of carboxylic acid groups (broad SMARTS) is 1. The average molecular weight is 391 g/mol. The first kappa shape index (κ1) is 17.8. The van der Waals surface area contributed by atoms with E-state index in [-0.39, 0.29) is 11.3 Å². The van der Waals surface area contributed by atoms with Crippen LogP contribution in [0.3, 0.4) is 0 Å². The van der Waals surface area contributed by atoms with Crippen molar-refractivity contribution in [2.45, 2.75) is 0 Å². The topological polar surface area (TPSA) is 95.1 Å². The van der Waals surface area contributed by atoms with Gasteiger partial charge in [-0.3, -0.25) is 5.43 Å². The number of hydrogen-bond donors (Lipinski definition) is 3. The fraction of sp³-hybridized carbons (Fsp3) is 0. The van der Waals surface area contributed by atoms with Gasteiger partial charge in [0.2, 0.25) is 0 Å². The first-order chi connectivity index (χ1) is 12.4. The van der Waals surface area contributed by atoms with Gasteiger partial charge in [0.05, 0.1) is 21.9 Å². The summed E-state index contributed by atoms with van der Waals surface area (Å²) in [5, 5.41) is 23.3. The molecule has 0 aliphatic rings. The number of anilines is 1. The molecule has 132 valence electrons. The number of benzene rings is 2. The zero-order valence-electron chi connectivity index (χ0n) is 13.1. The molecule has 0 amide bonds. The molecule has 0 spiro atoms. The standard InChI is InChI=1S/C18H12Cl2N2O4/c19-14-4-1-10(7-15(14)20)17-6-3-12(26-17)9-21-22-11-2-5-16(23)13(8-11)18(24)25/h1-9,22-23H,(H,24,25). The number of aromatic hydroxyl groups is 1. The number of halogens is 2. The molecule has 0 aliphatic heterocycles. The minimum atomic E-state index is -1.23. The normalized spacial score (nSPS) is 11.0. The fourth-order valence-electron chi connectivity index (χ4n) is 2.17. The largest absolute Gasteiger partial charge is 0.507 e. The number of carbonyl (C=O) groups is 1. The lowest BCUT2D eigenvalue weighted by Gasteiger charge is -2.03. The fourth-order valence-corrected chi connectivity index (χ4v) is 2.47. The maximum absolute atomic E-state index is 11.0. The second kappa shape index (κ2) is 7.51. The van der Waals surface area contributed by atoms with Gasteiger partial charge in [-0.2, -0.15) is 5.10 Å². The molecular weight excluding hydrogens is 379 g/mol. The molecule has 3 N–H and O–H groups in total. The van der Waals surface area contributed by atoms with Crippen molar-refractivity contribution in [3.8, 4) is 17.1 Å². The Balaban J connectivity index is 1.72. The van der Waals surface area contributed by atoms with Gasteiger partial charge in [0.25, 0.3) is 0 Å². The molecule has 0 atom stereocenters. The van der Waals surface area contributed by atoms with Gasteiger partial charge < -0.3 is 14.6 Å². The minimum absolute atomic E-state index is 0.217. The summed E-state index contributed by atoms with van der Waals surface area (Å²) < 4.78 is 5.66. The number of nitrogens with zero attached hydrogens (tertiary/aromatic N) is 1. The molecule has 0 fully saturated rings. The quantitative estimate of drug-likeness (QED) is 0.319. The molecule has 1 aromatic heterocycles. The lowest BCUT2D eigenvalue weighted by Crippen LogP contribution is -1.98. The van der Waals surface area contributed by atoms with Gasteiger partial charge in [-0.15, -0.1) is 0 Å². The highest BCUT2D eigenvalue weighted by molar-refractivity contribution is 6.42. The first-order valence-corrected chi connectivity index (χ1v) is 8.10. The van der Waals surface area contributed by atoms with E-state index >= 15 is 0 Å². The predicted molar refractivity (Wildman–Crippen MR) is 100 cm³/mol. The molecular formula is C18H12Cl2N2O4. The van der Waals surface area contributed by atoms with E-state index in [1.54, 1.807) is 30.3 Å². The predicted octanol–water partition coefficient (Wildman–Crippen LogP) is 5.10. The van der Waals surface area contributed by atoms with E-state index in [0.29, 0.717) is 27.3 Å². The second-order valence-electron chi connectivity index (χ2n) is 5.24. The zero-order valence-corrected chi connectivity index (χ0v) is 14.6. The van der Waals surface area contributed by atoms with E-state index in [4.69, 9.17) is 32.7 Å². The van der Waals surface area contributed by atoms with Gasteiger partial charge in [-0.25, -0.2) is 4.79 Å². The van der Waals surface area contributed by atoms with Crippen molar-refractivity contribution < 1.29 is 19.4 Å². The number of hydrazone groups is 1. The Morgan fingerprint density at radius 1 is 1.08 bits per heavy atom. The SMILES string of the molecule is O=C(O)c1cc(NN=Cc2ccc(-c3ccc(Cl)c(Cl)c3)o2)ccc1O. The lowest BCUT2D eigenvalue weighted by molar-refractivity contribution is 0.0694. The number of aromatic carboxylic acids is 1. The molecule has 1 heterocycles. The molecule has 8 heteroatoms. The molecule has 0 radical (unpaired) electrons. The van der Waals surface area contributed by atoms with Crippen LogP contribution in [0.25, 0.3) is 11.3 Å². The van der Waals surface area contributed by atoms with E-state index < -0.39 is 5.97 Å². The highest BCUT2D eigenvalue weighted by atomic mass is 35.5. The maximum Gasteiger partial charge on any atom is 0.339 e. The molecule has 2 aromatic carbocycles. The Labute approximate surface area is 158 Å². The number of furan rings is 1. The van der Waals surface area contributed by atoms with Crippen molar-refractivity contribution in [1.82, 2.24) is 0 Å². The van der Waals surface area contributed by atoms with Crippen LogP contribution >= 0.6 is 23.2 Å². The summed E-state index contributed by atoms with van der Waals surface area (Å²) in [6.45, 7) is 0. The molecule has 3 rings (SSSR count). The van der Waals surface area contributed by atoms with Crippen LogP contribution in [0.5, 0.6) is 5.75 Å². The van der Waals surface area contributed by atoms with Crippen LogP contribution in [0.1, 0.15) is 16.1 Å². The monoisotopic (exact) mass is 390 g/mol. The molecule has 0 bridgehead atoms. The van der Waals surface area contributed by atoms with Crippen molar-refractivity contribution in [1.29, 1.82) is 0 Å². The van der Waals surface area contributed by atoms with Crippen LogP contribution in [-0.4, -0.2) is 22.4 Å². The van der Waals surface area contributed by atoms with E-state index in [0.717, 1.165) is 5.56 Å². The summed E-state index contributed by atoms with van der Waals surface area (Å²) in [5.41, 5.74) is 3.64. The highest BCUT2D eigenvalue weighted by Crippen LogP contribution is 2.29. The van der Waals surface area contributed by atoms with Crippen molar-refractivity contribution in [3.05, 3.63) is 69.9 Å². The van der Waals surface area contributed by atoms with E-state index in [1.165, 1.54) is 24.4 Å². The number of rotatable bonds is 5. The van der Waals surface area contributed by atoms with Crippen molar-refractivity contribution in [3.63, 3.8) is 0 Å². The molecule has 0 saturated heterocycles. The third-order valence-corrected chi connectivity index (χ3v) is 4.18. The van der Waals surface area contributed by atoms with Crippen LogP contribution in [0.4, 0.5) is 5.69 Å². The van der Waals surface area contributed by atoms with Crippen LogP contribution in [0, 0.1) is 0 Å². The molecule has 3 aromatic rings. The van der Waals surface area contributed by atoms with E-state index in [9.17, 15) is 9.90 Å². The Bertz CT molecular complexity index is 999. The summed E-state index contributed by atoms with van der Waals surface area (Å²) >= 11 is 11.9. The van der Waals surface area contributed by atoms with Gasteiger partial charge in [-0.1, -0.05) is 23.2 Å². The summed E-state index contributed by atoms with van der Waals surface area (Å²) in [6.07, 6.45) is 1.44. The number of nitrogens with one attached hydrogen (secondary N) is 1. The third kappa shape index (κ3) is 3.99. The highest BCUT2D eigenvalue weighted by Gasteiger charge is 2.10. The minimum Gasteiger partial charge on any atom is -0.507 e. The molecule has 0 unspecified atom stereocenters. The van der Waals surface area contributed by atoms with Crippen LogP contribution in [0.2, 0.25) is 10.0 Å². The Morgan fingerprint density at radius 2 is 1.88 bits per heavy atom. The number of phenols is 1. The smallest absolute Gasteiger partial charge is 0.339 e. The van der Waals surface area contributed by atoms with Gasteiger partial charge in [0.15, 0.2) is 0 Å². The number of hydrogen-bond acceptors (Lipinski definition) is 5. The van der Waals surface area contributed by atoms with E-state index in [1.807, 2.05) is 0 Å². The Hall–Kier alpha value is -2.96. The molecule has 0 aliphatic carbocycles. The Kier molecular flexibility index (Phi) is 5.16. The van der Waals surface area contributed by atoms with Crippen molar-refractivity contribution in [2.75, 3.05) is 5.43 Å². The first-order valence-electron chi connectivity index (χ1n) is 7.34. The summed E-state index contributed by atoms with van der Waals surface area (Å²) in [7, 11) is 0. The second-order valence-corrected chi connectivity index (χ2v) is 6.05. The molecule has 6 nitrogen and oxygen atoms in total. The summed E-state index contributed by atoms with van der Waals surface area (Å²) in [6, 6.07) is 12.7. The van der Waals surface area contributed by atoms with Crippen molar-refractivity contribution in [2.24, 2.45) is 5.10 Å². The number of carboxylic acids is 1. The maximum atomic E-state index is 11.0. The zero-order chi connectivity index (χ0) is 18.7. The summed E-state index contributed by atoms with van der Waals surface area (Å²) in [5.74, 6) is -0.463. The molecule has 26 heavy (non-hydrogen) atoms. The van der Waals surface area contributed by atoms with Gasteiger partial charge in [-0.05, 0) is 48.5 Å². The van der Waals surface area contributed by atoms with Gasteiger partial charge in [0.1, 0.15) is 22.8 Å².